The molecule has 0 heterocycles. The molecule has 0 aliphatic carbocycles. The minimum atomic E-state index is 0.356. The van der Waals surface area contributed by atoms with Gasteiger partial charge in [0.05, 0.1) is 0 Å². The van der Waals surface area contributed by atoms with E-state index < -0.39 is 0 Å². The van der Waals surface area contributed by atoms with E-state index in [1.54, 1.807) is 0 Å². The molecule has 2 aromatic carbocycles. The Labute approximate surface area is 128 Å². The van der Waals surface area contributed by atoms with Crippen LogP contribution in [0.25, 0.3) is 0 Å². The normalized spacial score (nSPS) is 13.0. The maximum atomic E-state index is 5.87. The highest BCUT2D eigenvalue weighted by atomic mass is 16.5. The summed E-state index contributed by atoms with van der Waals surface area (Å²) in [6.45, 7) is 8.44. The minimum absolute atomic E-state index is 0.356. The topological polar surface area (TPSA) is 9.23 Å². The number of benzene rings is 2. The first-order valence-corrected chi connectivity index (χ1v) is 7.37. The number of para-hydroxylation sites is 1. The van der Waals surface area contributed by atoms with Crippen LogP contribution in [0.15, 0.2) is 48.5 Å². The number of hydrogen-bond acceptors (Lipinski definition) is 1. The quantitative estimate of drug-likeness (QED) is 0.666. The maximum Gasteiger partial charge on any atom is 0.127 e. The number of rotatable bonds is 4. The standard InChI is InChI=1S/C20H22O/c1-5-9-15(2)17(4)20-13-12-19(14-16(20)3)21-18-10-7-6-8-11-18/h6-8,10-15,17H,1-4H3. The molecule has 0 aliphatic rings. The van der Waals surface area contributed by atoms with Crippen LogP contribution in [0.3, 0.4) is 0 Å². The Morgan fingerprint density at radius 3 is 2.29 bits per heavy atom. The molecule has 21 heavy (non-hydrogen) atoms. The highest BCUT2D eigenvalue weighted by Gasteiger charge is 2.14. The van der Waals surface area contributed by atoms with Gasteiger partial charge in [-0.15, -0.1) is 5.92 Å². The predicted molar refractivity (Wildman–Crippen MR) is 88.7 cm³/mol. The van der Waals surface area contributed by atoms with E-state index >= 15 is 0 Å². The lowest BCUT2D eigenvalue weighted by atomic mass is 9.87. The lowest BCUT2D eigenvalue weighted by Gasteiger charge is -2.18. The molecule has 2 atom stereocenters. The number of ether oxygens (including phenoxy) is 1. The van der Waals surface area contributed by atoms with Gasteiger partial charge in [0.2, 0.25) is 0 Å². The second-order valence-electron chi connectivity index (χ2n) is 5.41. The summed E-state index contributed by atoms with van der Waals surface area (Å²) in [5.74, 6) is 8.77. The molecule has 0 bridgehead atoms. The predicted octanol–water partition coefficient (Wildman–Crippen LogP) is 5.55. The minimum Gasteiger partial charge on any atom is -0.457 e. The van der Waals surface area contributed by atoms with Crippen molar-refractivity contribution in [3.8, 4) is 23.3 Å². The van der Waals surface area contributed by atoms with Gasteiger partial charge in [0.25, 0.3) is 0 Å². The molecule has 0 amide bonds. The lowest BCUT2D eigenvalue weighted by Crippen LogP contribution is -2.06. The second-order valence-corrected chi connectivity index (χ2v) is 5.41. The van der Waals surface area contributed by atoms with Crippen molar-refractivity contribution in [3.63, 3.8) is 0 Å². The summed E-state index contributed by atoms with van der Waals surface area (Å²) >= 11 is 0. The summed E-state index contributed by atoms with van der Waals surface area (Å²) in [7, 11) is 0. The van der Waals surface area contributed by atoms with Gasteiger partial charge in [-0.1, -0.05) is 44.0 Å². The molecule has 0 aliphatic heterocycles. The van der Waals surface area contributed by atoms with E-state index in [2.05, 4.69) is 44.7 Å². The SMILES string of the molecule is CC#CC(C)C(C)c1ccc(Oc2ccccc2)cc1C. The van der Waals surface area contributed by atoms with Crippen LogP contribution in [0.1, 0.15) is 37.8 Å². The third-order valence-electron chi connectivity index (χ3n) is 3.83. The molecule has 108 valence electrons. The van der Waals surface area contributed by atoms with Crippen LogP contribution < -0.4 is 4.74 Å². The van der Waals surface area contributed by atoms with E-state index in [1.807, 2.05) is 43.3 Å². The fourth-order valence-electron chi connectivity index (χ4n) is 2.47. The lowest BCUT2D eigenvalue weighted by molar-refractivity contribution is 0.481. The summed E-state index contributed by atoms with van der Waals surface area (Å²) in [4.78, 5) is 0. The Morgan fingerprint density at radius 2 is 1.67 bits per heavy atom. The molecule has 1 nitrogen and oxygen atoms in total. The van der Waals surface area contributed by atoms with Crippen molar-refractivity contribution < 1.29 is 4.74 Å². The molecule has 0 fully saturated rings. The van der Waals surface area contributed by atoms with Gasteiger partial charge >= 0.3 is 0 Å². The molecule has 0 saturated carbocycles. The van der Waals surface area contributed by atoms with E-state index in [0.29, 0.717) is 11.8 Å². The van der Waals surface area contributed by atoms with E-state index in [-0.39, 0.29) is 0 Å². The summed E-state index contributed by atoms with van der Waals surface area (Å²) in [5.41, 5.74) is 2.59. The largest absolute Gasteiger partial charge is 0.457 e. The first-order chi connectivity index (χ1) is 10.1. The number of aryl methyl sites for hydroxylation is 1. The van der Waals surface area contributed by atoms with Gasteiger partial charge in [-0.25, -0.2) is 0 Å². The zero-order chi connectivity index (χ0) is 15.2. The van der Waals surface area contributed by atoms with E-state index in [1.165, 1.54) is 11.1 Å². The zero-order valence-electron chi connectivity index (χ0n) is 13.2. The van der Waals surface area contributed by atoms with E-state index in [0.717, 1.165) is 11.5 Å². The fourth-order valence-corrected chi connectivity index (χ4v) is 2.47. The third kappa shape index (κ3) is 3.89. The van der Waals surface area contributed by atoms with Crippen molar-refractivity contribution >= 4 is 0 Å². The Bertz CT molecular complexity index is 647. The van der Waals surface area contributed by atoms with Crippen LogP contribution in [0.2, 0.25) is 0 Å². The van der Waals surface area contributed by atoms with Gasteiger partial charge in [-0.05, 0) is 55.2 Å². The Balaban J connectivity index is 2.19. The molecular formula is C20H22O. The first-order valence-electron chi connectivity index (χ1n) is 7.37. The Morgan fingerprint density at radius 1 is 0.952 bits per heavy atom. The average Bonchev–Trinajstić information content (AvgIpc) is 2.48. The van der Waals surface area contributed by atoms with Crippen LogP contribution in [-0.2, 0) is 0 Å². The summed E-state index contributed by atoms with van der Waals surface area (Å²) < 4.78 is 5.87. The molecule has 0 radical (unpaired) electrons. The highest BCUT2D eigenvalue weighted by Crippen LogP contribution is 2.30. The van der Waals surface area contributed by atoms with Gasteiger partial charge in [-0.2, -0.15) is 0 Å². The van der Waals surface area contributed by atoms with Gasteiger partial charge in [0, 0.05) is 5.92 Å². The fraction of sp³-hybridized carbons (Fsp3) is 0.300. The maximum absolute atomic E-state index is 5.87. The van der Waals surface area contributed by atoms with Gasteiger partial charge in [-0.3, -0.25) is 0 Å². The second kappa shape index (κ2) is 6.99. The third-order valence-corrected chi connectivity index (χ3v) is 3.83. The first kappa shape index (κ1) is 15.2. The Kier molecular flexibility index (Phi) is 5.06. The summed E-state index contributed by atoms with van der Waals surface area (Å²) in [6, 6.07) is 16.2. The molecule has 0 N–H and O–H groups in total. The van der Waals surface area contributed by atoms with Crippen LogP contribution in [0.5, 0.6) is 11.5 Å². The van der Waals surface area contributed by atoms with Crippen molar-refractivity contribution in [2.75, 3.05) is 0 Å². The highest BCUT2D eigenvalue weighted by molar-refractivity contribution is 5.40. The zero-order valence-corrected chi connectivity index (χ0v) is 13.2. The number of hydrogen-bond donors (Lipinski definition) is 0. The van der Waals surface area contributed by atoms with E-state index in [4.69, 9.17) is 4.74 Å². The summed E-state index contributed by atoms with van der Waals surface area (Å²) in [5, 5.41) is 0. The van der Waals surface area contributed by atoms with Crippen molar-refractivity contribution in [2.24, 2.45) is 5.92 Å². The molecule has 1 heteroatoms. The van der Waals surface area contributed by atoms with Gasteiger partial charge in [0.15, 0.2) is 0 Å². The van der Waals surface area contributed by atoms with Crippen molar-refractivity contribution in [3.05, 3.63) is 59.7 Å². The van der Waals surface area contributed by atoms with Crippen LogP contribution in [-0.4, -0.2) is 0 Å². The van der Waals surface area contributed by atoms with Crippen molar-refractivity contribution in [1.29, 1.82) is 0 Å². The molecule has 2 rings (SSSR count). The van der Waals surface area contributed by atoms with E-state index in [9.17, 15) is 0 Å². The molecule has 0 saturated heterocycles. The van der Waals surface area contributed by atoms with Crippen LogP contribution in [0, 0.1) is 24.7 Å². The monoisotopic (exact) mass is 278 g/mol. The molecule has 0 aromatic heterocycles. The molecule has 2 unspecified atom stereocenters. The van der Waals surface area contributed by atoms with Crippen molar-refractivity contribution in [1.82, 2.24) is 0 Å². The van der Waals surface area contributed by atoms with Crippen LogP contribution >= 0.6 is 0 Å². The molecule has 2 aromatic rings. The van der Waals surface area contributed by atoms with Gasteiger partial charge < -0.3 is 4.74 Å². The molecular weight excluding hydrogens is 256 g/mol. The average molecular weight is 278 g/mol. The van der Waals surface area contributed by atoms with Crippen LogP contribution in [0.4, 0.5) is 0 Å². The van der Waals surface area contributed by atoms with Crippen molar-refractivity contribution in [2.45, 2.75) is 33.6 Å². The Hall–Kier alpha value is -2.20. The van der Waals surface area contributed by atoms with Gasteiger partial charge in [0.1, 0.15) is 11.5 Å². The smallest absolute Gasteiger partial charge is 0.127 e. The summed E-state index contributed by atoms with van der Waals surface area (Å²) in [6.07, 6.45) is 0. The molecule has 0 spiro atoms.